The molecule has 0 bridgehead atoms. The Hall–Kier alpha value is -3.65. The molecule has 0 fully saturated rings. The van der Waals surface area contributed by atoms with Gasteiger partial charge in [0.05, 0.1) is 0 Å². The van der Waals surface area contributed by atoms with Crippen molar-refractivity contribution in [1.29, 1.82) is 0 Å². The van der Waals surface area contributed by atoms with E-state index in [4.69, 9.17) is 0 Å². The van der Waals surface area contributed by atoms with Gasteiger partial charge in [0, 0.05) is 30.1 Å². The third kappa shape index (κ3) is 3.10. The first-order chi connectivity index (χ1) is 13.9. The normalized spacial score (nSPS) is 13.4. The van der Waals surface area contributed by atoms with Gasteiger partial charge in [0.2, 0.25) is 0 Å². The molecular formula is C26H21N2+. The molecule has 0 atom stereocenters. The Morgan fingerprint density at radius 1 is 0.750 bits per heavy atom. The van der Waals surface area contributed by atoms with E-state index in [0.717, 1.165) is 6.54 Å². The summed E-state index contributed by atoms with van der Waals surface area (Å²) in [6, 6.07) is 24.0. The van der Waals surface area contributed by atoms with Gasteiger partial charge >= 0.3 is 0 Å². The lowest BCUT2D eigenvalue weighted by atomic mass is 9.96. The monoisotopic (exact) mass is 361 g/mol. The molecule has 0 radical (unpaired) electrons. The summed E-state index contributed by atoms with van der Waals surface area (Å²) in [7, 11) is 0. The summed E-state index contributed by atoms with van der Waals surface area (Å²) in [6.45, 7) is 0.844. The average molecular weight is 361 g/mol. The Morgan fingerprint density at radius 2 is 1.43 bits per heavy atom. The lowest BCUT2D eigenvalue weighted by molar-refractivity contribution is -0.688. The number of aromatic nitrogens is 1. The fraction of sp³-hybridized carbons (Fsp3) is 0.0385. The van der Waals surface area contributed by atoms with Crippen molar-refractivity contribution in [3.8, 4) is 0 Å². The van der Waals surface area contributed by atoms with E-state index in [1.54, 1.807) is 0 Å². The van der Waals surface area contributed by atoms with Crippen LogP contribution >= 0.6 is 0 Å². The SMILES string of the molecule is C1=CNC=C(c2cc[n+](Cc3c4ccccc4cc4ccccc34)cc2)C=C1. The van der Waals surface area contributed by atoms with Gasteiger partial charge < -0.3 is 5.32 Å². The Kier molecular flexibility index (Phi) is 4.23. The molecule has 5 rings (SSSR count). The van der Waals surface area contributed by atoms with Crippen LogP contribution in [0.25, 0.3) is 27.1 Å². The van der Waals surface area contributed by atoms with Crippen LogP contribution in [0.1, 0.15) is 11.1 Å². The number of rotatable bonds is 3. The molecule has 4 aromatic rings. The smallest absolute Gasteiger partial charge is 0.175 e. The molecule has 0 spiro atoms. The summed E-state index contributed by atoms with van der Waals surface area (Å²) in [5.74, 6) is 0. The average Bonchev–Trinajstić information content (AvgIpc) is 3.04. The van der Waals surface area contributed by atoms with E-state index in [9.17, 15) is 0 Å². The molecule has 2 nitrogen and oxygen atoms in total. The maximum Gasteiger partial charge on any atom is 0.175 e. The second-order valence-electron chi connectivity index (χ2n) is 7.04. The highest BCUT2D eigenvalue weighted by Crippen LogP contribution is 2.28. The number of pyridine rings is 1. The van der Waals surface area contributed by atoms with Crippen LogP contribution in [0, 0.1) is 0 Å². The van der Waals surface area contributed by atoms with Crippen molar-refractivity contribution in [2.24, 2.45) is 0 Å². The van der Waals surface area contributed by atoms with Crippen LogP contribution in [0.5, 0.6) is 0 Å². The summed E-state index contributed by atoms with van der Waals surface area (Å²) in [5.41, 5.74) is 3.74. The van der Waals surface area contributed by atoms with Gasteiger partial charge in [-0.15, -0.1) is 0 Å². The van der Waals surface area contributed by atoms with Gasteiger partial charge in [-0.2, -0.15) is 0 Å². The fourth-order valence-corrected chi connectivity index (χ4v) is 3.85. The lowest BCUT2D eigenvalue weighted by Gasteiger charge is -2.10. The van der Waals surface area contributed by atoms with Crippen LogP contribution in [0.15, 0.2) is 110 Å². The van der Waals surface area contributed by atoms with Crippen molar-refractivity contribution in [3.63, 3.8) is 0 Å². The molecule has 0 amide bonds. The highest BCUT2D eigenvalue weighted by molar-refractivity contribution is 6.02. The Morgan fingerprint density at radius 3 is 2.14 bits per heavy atom. The Bertz CT molecular complexity index is 1190. The molecule has 3 aromatic carbocycles. The fourth-order valence-electron chi connectivity index (χ4n) is 3.85. The third-order valence-corrected chi connectivity index (χ3v) is 5.27. The molecule has 0 saturated heterocycles. The van der Waals surface area contributed by atoms with Crippen molar-refractivity contribution in [3.05, 3.63) is 121 Å². The van der Waals surface area contributed by atoms with E-state index < -0.39 is 0 Å². The summed E-state index contributed by atoms with van der Waals surface area (Å²) in [6.07, 6.45) is 14.5. The van der Waals surface area contributed by atoms with Gasteiger partial charge in [0.15, 0.2) is 18.9 Å². The number of hydrogen-bond donors (Lipinski definition) is 1. The zero-order valence-electron chi connectivity index (χ0n) is 15.5. The minimum Gasteiger partial charge on any atom is -0.367 e. The largest absolute Gasteiger partial charge is 0.367 e. The van der Waals surface area contributed by atoms with Gasteiger partial charge in [0.1, 0.15) is 0 Å². The van der Waals surface area contributed by atoms with Crippen molar-refractivity contribution in [2.75, 3.05) is 0 Å². The second-order valence-corrected chi connectivity index (χ2v) is 7.04. The molecule has 134 valence electrons. The quantitative estimate of drug-likeness (QED) is 0.385. The molecule has 0 saturated carbocycles. The van der Waals surface area contributed by atoms with Crippen LogP contribution in [-0.2, 0) is 6.54 Å². The summed E-state index contributed by atoms with van der Waals surface area (Å²) in [4.78, 5) is 0. The maximum atomic E-state index is 3.18. The van der Waals surface area contributed by atoms with Crippen LogP contribution in [0.2, 0.25) is 0 Å². The highest BCUT2D eigenvalue weighted by Gasteiger charge is 2.12. The Balaban J connectivity index is 1.55. The summed E-state index contributed by atoms with van der Waals surface area (Å²) in [5, 5.41) is 8.41. The van der Waals surface area contributed by atoms with Gasteiger partial charge in [-0.3, -0.25) is 0 Å². The van der Waals surface area contributed by atoms with E-state index in [1.165, 1.54) is 38.2 Å². The third-order valence-electron chi connectivity index (χ3n) is 5.27. The van der Waals surface area contributed by atoms with Crippen molar-refractivity contribution in [2.45, 2.75) is 6.54 Å². The number of hydrogen-bond acceptors (Lipinski definition) is 1. The van der Waals surface area contributed by atoms with Crippen molar-refractivity contribution >= 4 is 27.1 Å². The first-order valence-corrected chi connectivity index (χ1v) is 9.57. The molecule has 2 heterocycles. The van der Waals surface area contributed by atoms with E-state index in [0.29, 0.717) is 0 Å². The van der Waals surface area contributed by atoms with Gasteiger partial charge in [0.25, 0.3) is 0 Å². The number of nitrogens with zero attached hydrogens (tertiary/aromatic N) is 1. The molecule has 1 N–H and O–H groups in total. The number of nitrogens with one attached hydrogen (secondary N) is 1. The van der Waals surface area contributed by atoms with Crippen molar-refractivity contribution < 1.29 is 4.57 Å². The molecule has 0 unspecified atom stereocenters. The topological polar surface area (TPSA) is 15.9 Å². The molecule has 1 aliphatic heterocycles. The molecular weight excluding hydrogens is 340 g/mol. The molecule has 28 heavy (non-hydrogen) atoms. The number of fused-ring (bicyclic) bond motifs is 2. The standard InChI is InChI=1S/C26H20N2/c1-3-10-24-21(7-1)17-22-8-2-4-11-25(22)26(24)19-28-15-12-20(13-16-28)23-9-5-6-14-27-18-23/h1-18H,19H2/p+1. The zero-order chi connectivity index (χ0) is 18.8. The van der Waals surface area contributed by atoms with Crippen LogP contribution in [0.4, 0.5) is 0 Å². The summed E-state index contributed by atoms with van der Waals surface area (Å²) >= 11 is 0. The minimum atomic E-state index is 0.844. The minimum absolute atomic E-state index is 0.844. The van der Waals surface area contributed by atoms with Crippen LogP contribution < -0.4 is 9.88 Å². The van der Waals surface area contributed by atoms with Gasteiger partial charge in [-0.05, 0) is 44.8 Å². The molecule has 1 aromatic heterocycles. The molecule has 2 heteroatoms. The van der Waals surface area contributed by atoms with Gasteiger partial charge in [-0.25, -0.2) is 4.57 Å². The molecule has 0 aliphatic carbocycles. The zero-order valence-corrected chi connectivity index (χ0v) is 15.5. The van der Waals surface area contributed by atoms with Crippen molar-refractivity contribution in [1.82, 2.24) is 5.32 Å². The maximum absolute atomic E-state index is 3.18. The number of benzene rings is 3. The van der Waals surface area contributed by atoms with E-state index in [1.807, 2.05) is 18.5 Å². The predicted molar refractivity (Wildman–Crippen MR) is 117 cm³/mol. The lowest BCUT2D eigenvalue weighted by Crippen LogP contribution is -2.33. The molecule has 1 aliphatic rings. The van der Waals surface area contributed by atoms with E-state index in [2.05, 4.69) is 101 Å². The summed E-state index contributed by atoms with van der Waals surface area (Å²) < 4.78 is 2.25. The Labute approximate surface area is 164 Å². The first kappa shape index (κ1) is 16.5. The first-order valence-electron chi connectivity index (χ1n) is 9.57. The highest BCUT2D eigenvalue weighted by atomic mass is 14.9. The predicted octanol–water partition coefficient (Wildman–Crippen LogP) is 5.34. The second kappa shape index (κ2) is 7.16. The van der Waals surface area contributed by atoms with E-state index >= 15 is 0 Å². The van der Waals surface area contributed by atoms with Crippen LogP contribution in [0.3, 0.4) is 0 Å². The van der Waals surface area contributed by atoms with Crippen LogP contribution in [-0.4, -0.2) is 0 Å². The van der Waals surface area contributed by atoms with E-state index in [-0.39, 0.29) is 0 Å². The number of allylic oxidation sites excluding steroid dienone is 4. The van der Waals surface area contributed by atoms with Gasteiger partial charge in [-0.1, -0.05) is 60.7 Å².